The van der Waals surface area contributed by atoms with Crippen molar-refractivity contribution in [2.45, 2.75) is 26.4 Å². The third-order valence-electron chi connectivity index (χ3n) is 10.3. The molecule has 15 heteroatoms. The predicted molar refractivity (Wildman–Crippen MR) is 248 cm³/mol. The lowest BCUT2D eigenvalue weighted by Crippen LogP contribution is -2.01. The van der Waals surface area contributed by atoms with Gasteiger partial charge in [0.1, 0.15) is 55.8 Å². The van der Waals surface area contributed by atoms with E-state index in [-0.39, 0.29) is 0 Å². The smallest absolute Gasteiger partial charge is 0.204 e. The van der Waals surface area contributed by atoms with Crippen molar-refractivity contribution < 1.29 is 28.4 Å². The zero-order valence-corrected chi connectivity index (χ0v) is 36.0. The van der Waals surface area contributed by atoms with Gasteiger partial charge in [0.25, 0.3) is 0 Å². The number of tetrazole rings is 1. The molecule has 0 unspecified atom stereocenters. The minimum Gasteiger partial charge on any atom is -0.496 e. The summed E-state index contributed by atoms with van der Waals surface area (Å²) in [6.45, 7) is 1.47. The number of para-hydroxylation sites is 2. The van der Waals surface area contributed by atoms with Crippen molar-refractivity contribution in [2.24, 2.45) is 0 Å². The molecule has 10 rings (SSSR count). The SMILES string of the molecule is COc1cc(-c2nn[nH]n2)ccc1COc1cccc(OCc2ccc3ccccc3n2)c1.COc1ccc(-c2ncn[nH]2)cc1OCc1cccc(OCc2ccc3ccccc3n2)c1. The summed E-state index contributed by atoms with van der Waals surface area (Å²) in [6.07, 6.45) is 1.47. The second-order valence-electron chi connectivity index (χ2n) is 14.7. The van der Waals surface area contributed by atoms with Gasteiger partial charge in [0.15, 0.2) is 17.3 Å². The number of fused-ring (bicyclic) bond motifs is 2. The first kappa shape index (κ1) is 42.5. The summed E-state index contributed by atoms with van der Waals surface area (Å²) >= 11 is 0. The van der Waals surface area contributed by atoms with E-state index in [2.05, 4.69) is 57.9 Å². The minimum atomic E-state index is 0.339. The van der Waals surface area contributed by atoms with E-state index in [0.29, 0.717) is 66.8 Å². The largest absolute Gasteiger partial charge is 0.496 e. The predicted octanol–water partition coefficient (Wildman–Crippen LogP) is 9.77. The highest BCUT2D eigenvalue weighted by Gasteiger charge is 2.12. The molecule has 0 aliphatic carbocycles. The third-order valence-corrected chi connectivity index (χ3v) is 10.3. The van der Waals surface area contributed by atoms with Gasteiger partial charge < -0.3 is 28.4 Å². The molecule has 4 heterocycles. The highest BCUT2D eigenvalue weighted by Crippen LogP contribution is 2.33. The zero-order valence-electron chi connectivity index (χ0n) is 36.0. The van der Waals surface area contributed by atoms with Crippen LogP contribution in [0.4, 0.5) is 0 Å². The number of benzene rings is 6. The lowest BCUT2D eigenvalue weighted by molar-refractivity contribution is 0.281. The molecule has 10 aromatic rings. The van der Waals surface area contributed by atoms with Crippen molar-refractivity contribution in [2.75, 3.05) is 14.2 Å². The van der Waals surface area contributed by atoms with Crippen LogP contribution >= 0.6 is 0 Å². The number of aromatic nitrogens is 9. The number of nitrogens with one attached hydrogen (secondary N) is 2. The summed E-state index contributed by atoms with van der Waals surface area (Å²) in [5.41, 5.74) is 7.21. The highest BCUT2D eigenvalue weighted by molar-refractivity contribution is 5.79. The quantitative estimate of drug-likeness (QED) is 0.0939. The van der Waals surface area contributed by atoms with Crippen LogP contribution in [0.5, 0.6) is 34.5 Å². The molecule has 66 heavy (non-hydrogen) atoms. The van der Waals surface area contributed by atoms with Gasteiger partial charge in [-0.1, -0.05) is 78.9 Å². The molecule has 15 nitrogen and oxygen atoms in total. The molecule has 0 bridgehead atoms. The first-order valence-corrected chi connectivity index (χ1v) is 20.9. The van der Waals surface area contributed by atoms with Crippen LogP contribution in [-0.4, -0.2) is 60.0 Å². The van der Waals surface area contributed by atoms with Crippen molar-refractivity contribution in [3.8, 4) is 57.3 Å². The van der Waals surface area contributed by atoms with Gasteiger partial charge in [0.2, 0.25) is 5.82 Å². The Labute approximate surface area is 379 Å². The molecule has 0 atom stereocenters. The third kappa shape index (κ3) is 10.7. The molecule has 0 aliphatic heterocycles. The van der Waals surface area contributed by atoms with Crippen LogP contribution in [0.2, 0.25) is 0 Å². The first-order chi connectivity index (χ1) is 32.6. The van der Waals surface area contributed by atoms with E-state index in [4.69, 9.17) is 28.4 Å². The number of hydrogen-bond donors (Lipinski definition) is 2. The summed E-state index contributed by atoms with van der Waals surface area (Å²) in [5.74, 6) is 5.29. The lowest BCUT2D eigenvalue weighted by Gasteiger charge is -2.13. The monoisotopic (exact) mass is 877 g/mol. The topological polar surface area (TPSA) is 177 Å². The molecule has 2 N–H and O–H groups in total. The fourth-order valence-electron chi connectivity index (χ4n) is 6.96. The Hall–Kier alpha value is -8.85. The van der Waals surface area contributed by atoms with Crippen LogP contribution in [-0.2, 0) is 26.4 Å². The summed E-state index contributed by atoms with van der Waals surface area (Å²) in [5, 5.41) is 23.0. The fraction of sp³-hybridized carbons (Fsp3) is 0.118. The molecular weight excluding hydrogens is 835 g/mol. The average molecular weight is 878 g/mol. The molecular formula is C51H43N9O6. The van der Waals surface area contributed by atoms with Crippen LogP contribution in [0.25, 0.3) is 44.6 Å². The molecule has 328 valence electrons. The van der Waals surface area contributed by atoms with E-state index in [9.17, 15) is 0 Å². The van der Waals surface area contributed by atoms with Crippen LogP contribution in [0, 0.1) is 0 Å². The molecule has 0 saturated heterocycles. The van der Waals surface area contributed by atoms with Gasteiger partial charge in [0, 0.05) is 33.5 Å². The second-order valence-corrected chi connectivity index (χ2v) is 14.7. The van der Waals surface area contributed by atoms with Gasteiger partial charge in [-0.15, -0.1) is 10.2 Å². The normalized spacial score (nSPS) is 10.8. The van der Waals surface area contributed by atoms with Crippen LogP contribution in [0.1, 0.15) is 22.5 Å². The summed E-state index contributed by atoms with van der Waals surface area (Å²) in [4.78, 5) is 13.5. The number of rotatable bonds is 16. The van der Waals surface area contributed by atoms with Crippen molar-refractivity contribution in [3.05, 3.63) is 187 Å². The Balaban J connectivity index is 0.000000166. The van der Waals surface area contributed by atoms with Gasteiger partial charge in [-0.25, -0.2) is 15.0 Å². The van der Waals surface area contributed by atoms with Crippen LogP contribution in [0.15, 0.2) is 164 Å². The molecule has 0 fully saturated rings. The average Bonchev–Trinajstić information content (AvgIpc) is 4.13. The Kier molecular flexibility index (Phi) is 13.2. The fourth-order valence-corrected chi connectivity index (χ4v) is 6.96. The Morgan fingerprint density at radius 3 is 1.79 bits per heavy atom. The van der Waals surface area contributed by atoms with Crippen molar-refractivity contribution in [1.82, 2.24) is 45.8 Å². The second kappa shape index (κ2) is 20.6. The maximum absolute atomic E-state index is 6.06. The van der Waals surface area contributed by atoms with Gasteiger partial charge in [-0.05, 0) is 83.6 Å². The number of H-pyrrole nitrogens is 2. The van der Waals surface area contributed by atoms with E-state index < -0.39 is 0 Å². The molecule has 0 spiro atoms. The number of hydrogen-bond acceptors (Lipinski definition) is 13. The van der Waals surface area contributed by atoms with Gasteiger partial charge in [0.05, 0.1) is 36.6 Å². The molecule has 6 aromatic carbocycles. The summed E-state index contributed by atoms with van der Waals surface area (Å²) in [7, 11) is 3.24. The Bertz CT molecular complexity index is 3170. The number of aromatic amines is 2. The summed E-state index contributed by atoms with van der Waals surface area (Å²) in [6, 6.07) is 50.9. The number of pyridine rings is 2. The molecule has 4 aromatic heterocycles. The number of methoxy groups -OCH3 is 2. The molecule has 0 radical (unpaired) electrons. The number of nitrogens with zero attached hydrogens (tertiary/aromatic N) is 7. The van der Waals surface area contributed by atoms with Gasteiger partial charge in [-0.3, -0.25) is 5.10 Å². The van der Waals surface area contributed by atoms with Crippen molar-refractivity contribution >= 4 is 21.8 Å². The Morgan fingerprint density at radius 2 is 1.14 bits per heavy atom. The van der Waals surface area contributed by atoms with E-state index in [1.807, 2.05) is 146 Å². The maximum Gasteiger partial charge on any atom is 0.204 e. The van der Waals surface area contributed by atoms with Crippen LogP contribution < -0.4 is 28.4 Å². The standard InChI is InChI=1S/C26H22N4O3.C25H21N5O3/c1-31-24-12-10-20(26-27-17-28-30-26)14-25(24)33-15-18-5-4-7-22(13-18)32-16-21-11-9-19-6-2-3-8-23(19)29-21;1-31-24-13-18(25-27-29-30-28-25)9-10-19(24)15-32-21-6-4-7-22(14-21)33-16-20-12-11-17-5-2-3-8-23(17)26-20/h2-14,17H,15-16H2,1H3,(H,27,28,30);2-14H,15-16H2,1H3,(H,27,28,29,30). The maximum atomic E-state index is 6.06. The van der Waals surface area contributed by atoms with Crippen LogP contribution in [0.3, 0.4) is 0 Å². The van der Waals surface area contributed by atoms with Gasteiger partial charge >= 0.3 is 0 Å². The molecule has 0 amide bonds. The zero-order chi connectivity index (χ0) is 44.9. The summed E-state index contributed by atoms with van der Waals surface area (Å²) < 4.78 is 34.9. The van der Waals surface area contributed by atoms with E-state index in [1.165, 1.54) is 6.33 Å². The van der Waals surface area contributed by atoms with E-state index >= 15 is 0 Å². The van der Waals surface area contributed by atoms with Crippen molar-refractivity contribution in [3.63, 3.8) is 0 Å². The van der Waals surface area contributed by atoms with Crippen molar-refractivity contribution in [1.29, 1.82) is 0 Å². The molecule has 0 saturated carbocycles. The Morgan fingerprint density at radius 1 is 0.500 bits per heavy atom. The lowest BCUT2D eigenvalue weighted by atomic mass is 10.1. The van der Waals surface area contributed by atoms with Gasteiger partial charge in [-0.2, -0.15) is 10.3 Å². The number of ether oxygens (including phenoxy) is 6. The first-order valence-electron chi connectivity index (χ1n) is 20.9. The van der Waals surface area contributed by atoms with E-state index in [1.54, 1.807) is 14.2 Å². The highest BCUT2D eigenvalue weighted by atomic mass is 16.5. The minimum absolute atomic E-state index is 0.339. The van der Waals surface area contributed by atoms with E-state index in [0.717, 1.165) is 61.2 Å². The molecule has 0 aliphatic rings.